The van der Waals surface area contributed by atoms with Gasteiger partial charge in [0, 0.05) is 18.5 Å². The molecule has 0 spiro atoms. The lowest BCUT2D eigenvalue weighted by Gasteiger charge is -2.20. The third-order valence-corrected chi connectivity index (χ3v) is 5.04. The fourth-order valence-corrected chi connectivity index (χ4v) is 3.52. The van der Waals surface area contributed by atoms with Gasteiger partial charge in [-0.1, -0.05) is 92.7 Å². The molecule has 0 aliphatic carbocycles. The van der Waals surface area contributed by atoms with Crippen molar-refractivity contribution >= 4 is 17.5 Å². The molecule has 0 unspecified atom stereocenters. The van der Waals surface area contributed by atoms with Crippen LogP contribution in [0.2, 0.25) is 0 Å². The maximum Gasteiger partial charge on any atom is 0.247 e. The number of benzene rings is 3. The lowest BCUT2D eigenvalue weighted by molar-refractivity contribution is -0.127. The minimum Gasteiger partial charge on any atom is -0.344 e. The summed E-state index contributed by atoms with van der Waals surface area (Å²) < 4.78 is 0. The Morgan fingerprint density at radius 1 is 0.774 bits per heavy atom. The number of anilines is 1. The Hall–Kier alpha value is -3.40. The first-order chi connectivity index (χ1) is 15.0. The zero-order valence-corrected chi connectivity index (χ0v) is 18.2. The standard InChI is InChI=1S/C27H30N2O2/c1-20(2)17-26(30)28-25(19-22-13-7-4-8-14-22)27(31)29-24-16-10-9-15-23(24)18-21-11-5-3-6-12-21/h3-16,20,25H,17-19H2,1-2H3,(H,28,30)(H,29,31)/t25-/m0/s1. The zero-order chi connectivity index (χ0) is 22.1. The quantitative estimate of drug-likeness (QED) is 0.518. The molecule has 4 heteroatoms. The lowest BCUT2D eigenvalue weighted by Crippen LogP contribution is -2.45. The Labute approximate surface area is 184 Å². The summed E-state index contributed by atoms with van der Waals surface area (Å²) in [5.74, 6) is -0.0860. The SMILES string of the molecule is CC(C)CC(=O)N[C@@H](Cc1ccccc1)C(=O)Nc1ccccc1Cc1ccccc1. The van der Waals surface area contributed by atoms with Gasteiger partial charge in [0.25, 0.3) is 0 Å². The minimum absolute atomic E-state index is 0.108. The van der Waals surface area contributed by atoms with Gasteiger partial charge in [-0.25, -0.2) is 0 Å². The van der Waals surface area contributed by atoms with Gasteiger partial charge < -0.3 is 10.6 Å². The molecular weight excluding hydrogens is 384 g/mol. The monoisotopic (exact) mass is 414 g/mol. The topological polar surface area (TPSA) is 58.2 Å². The highest BCUT2D eigenvalue weighted by atomic mass is 16.2. The third-order valence-electron chi connectivity index (χ3n) is 5.04. The van der Waals surface area contributed by atoms with E-state index in [1.54, 1.807) is 0 Å². The van der Waals surface area contributed by atoms with E-state index >= 15 is 0 Å². The number of rotatable bonds is 9. The molecule has 0 saturated carbocycles. The highest BCUT2D eigenvalue weighted by Crippen LogP contribution is 2.20. The maximum atomic E-state index is 13.2. The number of hydrogen-bond acceptors (Lipinski definition) is 2. The first-order valence-corrected chi connectivity index (χ1v) is 10.8. The molecule has 0 fully saturated rings. The van der Waals surface area contributed by atoms with Gasteiger partial charge in [0.2, 0.25) is 11.8 Å². The minimum atomic E-state index is -0.640. The average Bonchev–Trinajstić information content (AvgIpc) is 2.75. The van der Waals surface area contributed by atoms with Crippen LogP contribution in [0, 0.1) is 5.92 Å². The third kappa shape index (κ3) is 7.10. The second-order valence-corrected chi connectivity index (χ2v) is 8.22. The van der Waals surface area contributed by atoms with E-state index in [1.807, 2.05) is 86.6 Å². The molecule has 0 aromatic heterocycles. The summed E-state index contributed by atoms with van der Waals surface area (Å²) in [6.07, 6.45) is 1.56. The van der Waals surface area contributed by atoms with Gasteiger partial charge in [0.15, 0.2) is 0 Å². The fraction of sp³-hybridized carbons (Fsp3) is 0.259. The van der Waals surface area contributed by atoms with Crippen molar-refractivity contribution in [3.05, 3.63) is 102 Å². The second-order valence-electron chi connectivity index (χ2n) is 8.22. The van der Waals surface area contributed by atoms with Gasteiger partial charge in [-0.2, -0.15) is 0 Å². The van der Waals surface area contributed by atoms with E-state index in [4.69, 9.17) is 0 Å². The summed E-state index contributed by atoms with van der Waals surface area (Å²) in [6, 6.07) is 27.1. The highest BCUT2D eigenvalue weighted by Gasteiger charge is 2.22. The molecule has 0 heterocycles. The number of carbonyl (C=O) groups is 2. The van der Waals surface area contributed by atoms with Crippen LogP contribution in [0.3, 0.4) is 0 Å². The van der Waals surface area contributed by atoms with Crippen molar-refractivity contribution in [3.63, 3.8) is 0 Å². The van der Waals surface area contributed by atoms with Crippen LogP contribution in [0.4, 0.5) is 5.69 Å². The summed E-state index contributed by atoms with van der Waals surface area (Å²) in [4.78, 5) is 25.6. The van der Waals surface area contributed by atoms with E-state index in [9.17, 15) is 9.59 Å². The Kier molecular flexibility index (Phi) is 7.99. The van der Waals surface area contributed by atoms with Crippen molar-refractivity contribution in [1.29, 1.82) is 0 Å². The van der Waals surface area contributed by atoms with E-state index in [-0.39, 0.29) is 17.7 Å². The second kappa shape index (κ2) is 11.1. The van der Waals surface area contributed by atoms with Crippen LogP contribution in [0.1, 0.15) is 37.0 Å². The van der Waals surface area contributed by atoms with Gasteiger partial charge in [-0.3, -0.25) is 9.59 Å². The number of amides is 2. The molecule has 160 valence electrons. The van der Waals surface area contributed by atoms with Crippen LogP contribution in [-0.2, 0) is 22.4 Å². The molecule has 0 saturated heterocycles. The summed E-state index contributed by atoms with van der Waals surface area (Å²) in [5, 5.41) is 5.99. The van der Waals surface area contributed by atoms with Crippen molar-refractivity contribution in [2.24, 2.45) is 5.92 Å². The van der Waals surface area contributed by atoms with E-state index in [0.29, 0.717) is 12.8 Å². The van der Waals surface area contributed by atoms with E-state index in [2.05, 4.69) is 22.8 Å². The van der Waals surface area contributed by atoms with E-state index < -0.39 is 6.04 Å². The predicted octanol–water partition coefficient (Wildman–Crippen LogP) is 4.99. The number of nitrogens with one attached hydrogen (secondary N) is 2. The molecule has 3 aromatic carbocycles. The summed E-state index contributed by atoms with van der Waals surface area (Å²) >= 11 is 0. The van der Waals surface area contributed by atoms with Crippen molar-refractivity contribution in [3.8, 4) is 0 Å². The van der Waals surface area contributed by atoms with Crippen LogP contribution in [0.15, 0.2) is 84.9 Å². The molecule has 0 aliphatic heterocycles. The molecule has 1 atom stereocenters. The van der Waals surface area contributed by atoms with Crippen LogP contribution < -0.4 is 10.6 Å². The van der Waals surface area contributed by atoms with Gasteiger partial charge in [-0.05, 0) is 35.1 Å². The Balaban J connectivity index is 1.77. The molecular formula is C27H30N2O2. The van der Waals surface area contributed by atoms with Crippen molar-refractivity contribution in [2.45, 2.75) is 39.2 Å². The van der Waals surface area contributed by atoms with Gasteiger partial charge in [0.05, 0.1) is 0 Å². The Morgan fingerprint density at radius 3 is 2.00 bits per heavy atom. The van der Waals surface area contributed by atoms with Crippen molar-refractivity contribution in [2.75, 3.05) is 5.32 Å². The van der Waals surface area contributed by atoms with E-state index in [0.717, 1.165) is 23.2 Å². The van der Waals surface area contributed by atoms with Gasteiger partial charge in [0.1, 0.15) is 6.04 Å². The van der Waals surface area contributed by atoms with Crippen LogP contribution in [0.5, 0.6) is 0 Å². The first kappa shape index (κ1) is 22.3. The molecule has 0 bridgehead atoms. The largest absolute Gasteiger partial charge is 0.344 e. The van der Waals surface area contributed by atoms with Gasteiger partial charge >= 0.3 is 0 Å². The molecule has 31 heavy (non-hydrogen) atoms. The highest BCUT2D eigenvalue weighted by molar-refractivity contribution is 5.98. The lowest BCUT2D eigenvalue weighted by atomic mass is 10.0. The Bertz CT molecular complexity index is 984. The van der Waals surface area contributed by atoms with Crippen molar-refractivity contribution < 1.29 is 9.59 Å². The normalized spacial score (nSPS) is 11.7. The number of hydrogen-bond donors (Lipinski definition) is 2. The average molecular weight is 415 g/mol. The fourth-order valence-electron chi connectivity index (χ4n) is 3.52. The maximum absolute atomic E-state index is 13.2. The number of carbonyl (C=O) groups excluding carboxylic acids is 2. The molecule has 4 nitrogen and oxygen atoms in total. The summed E-state index contributed by atoms with van der Waals surface area (Å²) in [7, 11) is 0. The predicted molar refractivity (Wildman–Crippen MR) is 126 cm³/mol. The number of para-hydroxylation sites is 1. The first-order valence-electron chi connectivity index (χ1n) is 10.8. The van der Waals surface area contributed by atoms with Crippen LogP contribution >= 0.6 is 0 Å². The smallest absolute Gasteiger partial charge is 0.247 e. The summed E-state index contributed by atoms with van der Waals surface area (Å²) in [5.41, 5.74) is 3.99. The van der Waals surface area contributed by atoms with Crippen LogP contribution in [0.25, 0.3) is 0 Å². The molecule has 0 aliphatic rings. The van der Waals surface area contributed by atoms with E-state index in [1.165, 1.54) is 5.56 Å². The summed E-state index contributed by atoms with van der Waals surface area (Å²) in [6.45, 7) is 3.98. The Morgan fingerprint density at radius 2 is 1.35 bits per heavy atom. The van der Waals surface area contributed by atoms with Crippen molar-refractivity contribution in [1.82, 2.24) is 5.32 Å². The molecule has 3 rings (SSSR count). The molecule has 2 N–H and O–H groups in total. The zero-order valence-electron chi connectivity index (χ0n) is 18.2. The van der Waals surface area contributed by atoms with Gasteiger partial charge in [-0.15, -0.1) is 0 Å². The molecule has 2 amide bonds. The van der Waals surface area contributed by atoms with Crippen LogP contribution in [-0.4, -0.2) is 17.9 Å². The molecule has 3 aromatic rings. The molecule has 0 radical (unpaired) electrons.